The number of hydrogen-bond acceptors (Lipinski definition) is 4. The lowest BCUT2D eigenvalue weighted by Crippen LogP contribution is -2.05. The molecule has 0 aliphatic carbocycles. The van der Waals surface area contributed by atoms with E-state index in [9.17, 15) is 13.6 Å². The van der Waals surface area contributed by atoms with Crippen molar-refractivity contribution in [1.29, 1.82) is 0 Å². The number of nitrogens with zero attached hydrogens (tertiary/aromatic N) is 1. The lowest BCUT2D eigenvalue weighted by atomic mass is 10.1. The van der Waals surface area contributed by atoms with Gasteiger partial charge in [0.2, 0.25) is 0 Å². The normalized spacial score (nSPS) is 10.6. The first-order chi connectivity index (χ1) is 8.56. The number of benzene rings is 1. The summed E-state index contributed by atoms with van der Waals surface area (Å²) in [6.45, 7) is 1.76. The van der Waals surface area contributed by atoms with Crippen LogP contribution in [0.2, 0.25) is 0 Å². The van der Waals surface area contributed by atoms with E-state index < -0.39 is 17.4 Å². The lowest BCUT2D eigenvalue weighted by molar-refractivity contribution is 0.101. The molecule has 1 aromatic heterocycles. The second-order valence-corrected chi connectivity index (χ2v) is 4.52. The Balaban J connectivity index is 2.03. The number of thioether (sulfide) groups is 1. The van der Waals surface area contributed by atoms with E-state index in [1.54, 1.807) is 6.92 Å². The van der Waals surface area contributed by atoms with Crippen LogP contribution in [0.4, 0.5) is 8.78 Å². The Bertz CT molecular complexity index is 583. The Hall–Kier alpha value is -1.69. The van der Waals surface area contributed by atoms with E-state index in [0.29, 0.717) is 17.0 Å². The minimum Gasteiger partial charge on any atom is -0.440 e. The van der Waals surface area contributed by atoms with Gasteiger partial charge in [0.15, 0.2) is 5.78 Å². The van der Waals surface area contributed by atoms with E-state index in [4.69, 9.17) is 4.42 Å². The highest BCUT2D eigenvalue weighted by atomic mass is 32.2. The van der Waals surface area contributed by atoms with E-state index in [0.717, 1.165) is 23.9 Å². The van der Waals surface area contributed by atoms with E-state index in [2.05, 4.69) is 4.98 Å². The molecule has 2 rings (SSSR count). The van der Waals surface area contributed by atoms with Gasteiger partial charge in [-0.05, 0) is 19.1 Å². The summed E-state index contributed by atoms with van der Waals surface area (Å²) in [5, 5.41) is 0.350. The molecule has 18 heavy (non-hydrogen) atoms. The number of Topliss-reactive ketones (excluding diaryl/α,β-unsaturated/α-hetero) is 1. The second kappa shape index (κ2) is 5.30. The van der Waals surface area contributed by atoms with Gasteiger partial charge in [-0.25, -0.2) is 13.8 Å². The van der Waals surface area contributed by atoms with Crippen LogP contribution >= 0.6 is 11.8 Å². The molecule has 0 saturated carbocycles. The number of aryl methyl sites for hydroxylation is 1. The van der Waals surface area contributed by atoms with Gasteiger partial charge in [-0.15, -0.1) is 0 Å². The van der Waals surface area contributed by atoms with Crippen LogP contribution in [0, 0.1) is 18.6 Å². The van der Waals surface area contributed by atoms with Crippen molar-refractivity contribution in [2.24, 2.45) is 0 Å². The van der Waals surface area contributed by atoms with E-state index in [-0.39, 0.29) is 11.3 Å². The summed E-state index contributed by atoms with van der Waals surface area (Å²) < 4.78 is 31.1. The van der Waals surface area contributed by atoms with Crippen LogP contribution in [0.15, 0.2) is 34.1 Å². The van der Waals surface area contributed by atoms with Crippen molar-refractivity contribution in [2.75, 3.05) is 5.75 Å². The molecular weight excluding hydrogens is 260 g/mol. The molecular formula is C12H9F2NO2S. The third kappa shape index (κ3) is 2.95. The molecule has 0 saturated heterocycles. The average Bonchev–Trinajstić information content (AvgIpc) is 2.72. The van der Waals surface area contributed by atoms with Crippen molar-refractivity contribution in [3.05, 3.63) is 47.4 Å². The molecule has 0 amide bonds. The number of carbonyl (C=O) groups excluding carboxylic acids is 1. The molecule has 0 unspecified atom stereocenters. The van der Waals surface area contributed by atoms with Gasteiger partial charge in [0, 0.05) is 6.07 Å². The Morgan fingerprint density at radius 1 is 1.44 bits per heavy atom. The van der Waals surface area contributed by atoms with Gasteiger partial charge in [-0.2, -0.15) is 0 Å². The van der Waals surface area contributed by atoms with Gasteiger partial charge in [0.05, 0.1) is 17.0 Å². The van der Waals surface area contributed by atoms with Crippen LogP contribution < -0.4 is 0 Å². The van der Waals surface area contributed by atoms with Crippen molar-refractivity contribution in [1.82, 2.24) is 4.98 Å². The first-order valence-corrected chi connectivity index (χ1v) is 6.08. The standard InChI is InChI=1S/C12H9F2NO2S/c1-7-5-17-12(15-7)18-6-11(16)9-3-2-8(13)4-10(9)14/h2-5H,6H2,1H3. The number of carbonyl (C=O) groups is 1. The second-order valence-electron chi connectivity index (χ2n) is 3.59. The Morgan fingerprint density at radius 2 is 2.22 bits per heavy atom. The largest absolute Gasteiger partial charge is 0.440 e. The fraction of sp³-hybridized carbons (Fsp3) is 0.167. The summed E-state index contributed by atoms with van der Waals surface area (Å²) in [6, 6.07) is 2.87. The maximum atomic E-state index is 13.3. The number of hydrogen-bond donors (Lipinski definition) is 0. The maximum Gasteiger partial charge on any atom is 0.256 e. The van der Waals surface area contributed by atoms with Crippen LogP contribution in [0.25, 0.3) is 0 Å². The van der Waals surface area contributed by atoms with Crippen LogP contribution in [-0.4, -0.2) is 16.5 Å². The predicted molar refractivity (Wildman–Crippen MR) is 62.7 cm³/mol. The zero-order valence-corrected chi connectivity index (χ0v) is 10.3. The summed E-state index contributed by atoms with van der Waals surface area (Å²) >= 11 is 1.07. The summed E-state index contributed by atoms with van der Waals surface area (Å²) in [4.78, 5) is 15.7. The molecule has 0 fully saturated rings. The molecule has 3 nitrogen and oxygen atoms in total. The van der Waals surface area contributed by atoms with E-state index in [1.165, 1.54) is 6.26 Å². The minimum absolute atomic E-state index is 0.0114. The molecule has 94 valence electrons. The highest BCUT2D eigenvalue weighted by Gasteiger charge is 2.14. The van der Waals surface area contributed by atoms with Gasteiger partial charge in [0.1, 0.15) is 17.9 Å². The van der Waals surface area contributed by atoms with Gasteiger partial charge in [-0.1, -0.05) is 11.8 Å². The van der Waals surface area contributed by atoms with Crippen molar-refractivity contribution in [3.63, 3.8) is 0 Å². The molecule has 1 heterocycles. The van der Waals surface area contributed by atoms with E-state index >= 15 is 0 Å². The minimum atomic E-state index is -0.857. The van der Waals surface area contributed by atoms with Crippen LogP contribution in [0.3, 0.4) is 0 Å². The number of rotatable bonds is 4. The third-order valence-electron chi connectivity index (χ3n) is 2.16. The van der Waals surface area contributed by atoms with E-state index in [1.807, 2.05) is 0 Å². The molecule has 0 bridgehead atoms. The van der Waals surface area contributed by atoms with Crippen molar-refractivity contribution < 1.29 is 18.0 Å². The zero-order valence-electron chi connectivity index (χ0n) is 9.44. The van der Waals surface area contributed by atoms with Crippen LogP contribution in [-0.2, 0) is 0 Å². The fourth-order valence-corrected chi connectivity index (χ4v) is 2.05. The van der Waals surface area contributed by atoms with Gasteiger partial charge >= 0.3 is 0 Å². The highest BCUT2D eigenvalue weighted by molar-refractivity contribution is 7.99. The Morgan fingerprint density at radius 3 is 2.83 bits per heavy atom. The monoisotopic (exact) mass is 269 g/mol. The van der Waals surface area contributed by atoms with Crippen molar-refractivity contribution in [3.8, 4) is 0 Å². The third-order valence-corrected chi connectivity index (χ3v) is 3.00. The SMILES string of the molecule is Cc1coc(SCC(=O)c2ccc(F)cc2F)n1. The Kier molecular flexibility index (Phi) is 3.76. The molecule has 2 aromatic rings. The number of halogens is 2. The van der Waals surface area contributed by atoms with Gasteiger partial charge in [0.25, 0.3) is 5.22 Å². The first kappa shape index (κ1) is 12.8. The maximum absolute atomic E-state index is 13.3. The molecule has 0 atom stereocenters. The number of oxazole rings is 1. The molecule has 1 aromatic carbocycles. The topological polar surface area (TPSA) is 43.1 Å². The Labute approximate surface area is 106 Å². The zero-order chi connectivity index (χ0) is 13.1. The molecule has 0 aliphatic heterocycles. The molecule has 0 aliphatic rings. The fourth-order valence-electron chi connectivity index (χ4n) is 1.32. The summed E-state index contributed by atoms with van der Waals surface area (Å²) in [5.41, 5.74) is 0.574. The number of aromatic nitrogens is 1. The molecule has 6 heteroatoms. The first-order valence-electron chi connectivity index (χ1n) is 5.09. The summed E-state index contributed by atoms with van der Waals surface area (Å²) in [5.74, 6) is -2.01. The van der Waals surface area contributed by atoms with Crippen LogP contribution in [0.1, 0.15) is 16.1 Å². The predicted octanol–water partition coefficient (Wildman–Crippen LogP) is 3.24. The average molecular weight is 269 g/mol. The number of ketones is 1. The van der Waals surface area contributed by atoms with Gasteiger partial charge in [-0.3, -0.25) is 4.79 Å². The van der Waals surface area contributed by atoms with Gasteiger partial charge < -0.3 is 4.42 Å². The highest BCUT2D eigenvalue weighted by Crippen LogP contribution is 2.19. The molecule has 0 radical (unpaired) electrons. The quantitative estimate of drug-likeness (QED) is 0.631. The van der Waals surface area contributed by atoms with Crippen molar-refractivity contribution >= 4 is 17.5 Å². The lowest BCUT2D eigenvalue weighted by Gasteiger charge is -2.01. The molecule has 0 spiro atoms. The summed E-state index contributed by atoms with van der Waals surface area (Å²) in [7, 11) is 0. The molecule has 0 N–H and O–H groups in total. The summed E-state index contributed by atoms with van der Waals surface area (Å²) in [6.07, 6.45) is 1.46. The van der Waals surface area contributed by atoms with Crippen molar-refractivity contribution in [2.45, 2.75) is 12.1 Å². The smallest absolute Gasteiger partial charge is 0.256 e. The van der Waals surface area contributed by atoms with Crippen LogP contribution in [0.5, 0.6) is 0 Å².